The molecule has 16 heavy (non-hydrogen) atoms. The highest BCUT2D eigenvalue weighted by Gasteiger charge is 2.10. The molecular weight excluding hydrogens is 359 g/mol. The molecule has 0 aliphatic heterocycles. The van der Waals surface area contributed by atoms with Gasteiger partial charge in [-0.05, 0) is 37.9 Å². The van der Waals surface area contributed by atoms with Crippen LogP contribution in [-0.4, -0.2) is 21.9 Å². The fourth-order valence-electron chi connectivity index (χ4n) is 1.32. The summed E-state index contributed by atoms with van der Waals surface area (Å²) in [6.45, 7) is 0. The van der Waals surface area contributed by atoms with Crippen molar-refractivity contribution < 1.29 is 0 Å². The molecule has 0 bridgehead atoms. The first-order valence-electron chi connectivity index (χ1n) is 4.33. The van der Waals surface area contributed by atoms with Crippen molar-refractivity contribution >= 4 is 65.9 Å². The van der Waals surface area contributed by atoms with Gasteiger partial charge in [-0.3, -0.25) is 5.10 Å². The van der Waals surface area contributed by atoms with Gasteiger partial charge in [-0.15, -0.1) is 11.6 Å². The molecule has 2 rings (SSSR count). The van der Waals surface area contributed by atoms with Crippen LogP contribution in [0.25, 0.3) is 10.9 Å². The summed E-state index contributed by atoms with van der Waals surface area (Å²) in [5, 5.41) is 7.75. The van der Waals surface area contributed by atoms with Gasteiger partial charge in [0.15, 0.2) is 0 Å². The van der Waals surface area contributed by atoms with Gasteiger partial charge >= 0.3 is 0 Å². The van der Waals surface area contributed by atoms with Gasteiger partial charge in [0, 0.05) is 14.3 Å². The number of alkyl halides is 1. The zero-order valence-electron chi connectivity index (χ0n) is 7.97. The molecule has 3 N–H and O–H groups in total. The average molecular weight is 366 g/mol. The summed E-state index contributed by atoms with van der Waals surface area (Å²) in [7, 11) is 0. The summed E-state index contributed by atoms with van der Waals surface area (Å²) in [4.78, 5) is 4.25. The number of aromatic nitrogens is 2. The predicted octanol–water partition coefficient (Wildman–Crippen LogP) is 3.32. The van der Waals surface area contributed by atoms with E-state index in [2.05, 4.69) is 47.0 Å². The second kappa shape index (κ2) is 4.73. The molecule has 2 aromatic rings. The number of benzene rings is 1. The molecule has 0 unspecified atom stereocenters. The number of H-pyrrole nitrogens is 1. The Labute approximate surface area is 114 Å². The number of rotatable bonds is 2. The molecule has 7 heteroatoms. The Morgan fingerprint density at radius 3 is 2.94 bits per heavy atom. The van der Waals surface area contributed by atoms with E-state index in [0.717, 1.165) is 25.5 Å². The first kappa shape index (κ1) is 11.9. The van der Waals surface area contributed by atoms with Crippen LogP contribution in [0, 0.1) is 0 Å². The number of nitrogens with zero attached hydrogens (tertiary/aromatic N) is 2. The number of nitrogens with two attached hydrogens (primary N) is 1. The van der Waals surface area contributed by atoms with Gasteiger partial charge in [0.1, 0.15) is 5.84 Å². The van der Waals surface area contributed by atoms with Crippen LogP contribution >= 0.6 is 43.5 Å². The van der Waals surface area contributed by atoms with Crippen LogP contribution in [0.3, 0.4) is 0 Å². The van der Waals surface area contributed by atoms with Crippen LogP contribution in [0.5, 0.6) is 0 Å². The van der Waals surface area contributed by atoms with Gasteiger partial charge in [0.25, 0.3) is 0 Å². The second-order valence-electron chi connectivity index (χ2n) is 3.08. The molecule has 0 saturated heterocycles. The summed E-state index contributed by atoms with van der Waals surface area (Å²) in [6.07, 6.45) is 1.70. The van der Waals surface area contributed by atoms with Crippen molar-refractivity contribution in [3.8, 4) is 0 Å². The lowest BCUT2D eigenvalue weighted by atomic mass is 10.2. The van der Waals surface area contributed by atoms with Crippen LogP contribution in [0.2, 0.25) is 0 Å². The maximum absolute atomic E-state index is 5.63. The Balaban J connectivity index is 2.73. The van der Waals surface area contributed by atoms with Gasteiger partial charge in [-0.2, -0.15) is 5.10 Å². The molecule has 0 amide bonds. The molecule has 84 valence electrons. The number of halogens is 3. The van der Waals surface area contributed by atoms with Crippen LogP contribution in [0.4, 0.5) is 5.69 Å². The third-order valence-corrected chi connectivity index (χ3v) is 3.51. The van der Waals surface area contributed by atoms with Gasteiger partial charge in [0.05, 0.1) is 23.3 Å². The minimum absolute atomic E-state index is 0.196. The van der Waals surface area contributed by atoms with Crippen molar-refractivity contribution in [1.29, 1.82) is 0 Å². The van der Waals surface area contributed by atoms with Crippen LogP contribution < -0.4 is 5.73 Å². The Morgan fingerprint density at radius 1 is 1.50 bits per heavy atom. The molecule has 0 aliphatic rings. The van der Waals surface area contributed by atoms with E-state index in [1.165, 1.54) is 0 Å². The Hall–Kier alpha value is -0.590. The second-order valence-corrected chi connectivity index (χ2v) is 5.06. The topological polar surface area (TPSA) is 67.1 Å². The predicted molar refractivity (Wildman–Crippen MR) is 73.5 cm³/mol. The van der Waals surface area contributed by atoms with E-state index >= 15 is 0 Å². The minimum Gasteiger partial charge on any atom is -0.386 e. The van der Waals surface area contributed by atoms with Crippen molar-refractivity contribution in [2.24, 2.45) is 10.7 Å². The molecule has 4 nitrogen and oxygen atoms in total. The molecule has 1 heterocycles. The highest BCUT2D eigenvalue weighted by Crippen LogP contribution is 2.37. The lowest BCUT2D eigenvalue weighted by molar-refractivity contribution is 1.12. The number of hydrogen-bond donors (Lipinski definition) is 2. The summed E-state index contributed by atoms with van der Waals surface area (Å²) in [5.41, 5.74) is 7.23. The smallest absolute Gasteiger partial charge is 0.115 e. The number of aliphatic imine (C=N–C) groups is 1. The Kier molecular flexibility index (Phi) is 3.51. The molecule has 1 aromatic heterocycles. The zero-order chi connectivity index (χ0) is 11.7. The van der Waals surface area contributed by atoms with Crippen LogP contribution in [0.15, 0.2) is 26.2 Å². The molecule has 0 saturated carbocycles. The van der Waals surface area contributed by atoms with Gasteiger partial charge < -0.3 is 5.73 Å². The largest absolute Gasteiger partial charge is 0.386 e. The number of amidine groups is 1. The maximum atomic E-state index is 5.63. The van der Waals surface area contributed by atoms with Crippen LogP contribution in [0.1, 0.15) is 0 Å². The molecule has 0 radical (unpaired) electrons. The van der Waals surface area contributed by atoms with E-state index in [1.54, 1.807) is 6.20 Å². The van der Waals surface area contributed by atoms with Crippen molar-refractivity contribution in [3.05, 3.63) is 21.2 Å². The zero-order valence-corrected chi connectivity index (χ0v) is 11.9. The highest BCUT2D eigenvalue weighted by molar-refractivity contribution is 9.11. The summed E-state index contributed by atoms with van der Waals surface area (Å²) in [5.74, 6) is 0.564. The summed E-state index contributed by atoms with van der Waals surface area (Å²) < 4.78 is 1.75. The third kappa shape index (κ3) is 2.09. The number of aromatic amines is 1. The van der Waals surface area contributed by atoms with Gasteiger partial charge in [0.2, 0.25) is 0 Å². The van der Waals surface area contributed by atoms with E-state index in [9.17, 15) is 0 Å². The first-order valence-corrected chi connectivity index (χ1v) is 6.45. The molecule has 1 aromatic carbocycles. The molecule has 0 aliphatic carbocycles. The normalized spacial score (nSPS) is 12.3. The van der Waals surface area contributed by atoms with E-state index in [0.29, 0.717) is 5.84 Å². The Bertz CT molecular complexity index is 564. The SMILES string of the molecule is NC(CCl)=Nc1c(Br)cc(Br)c2[nH]ncc12. The summed E-state index contributed by atoms with van der Waals surface area (Å²) in [6, 6.07) is 1.89. The van der Waals surface area contributed by atoms with E-state index in [-0.39, 0.29) is 5.88 Å². The van der Waals surface area contributed by atoms with Gasteiger partial charge in [-0.25, -0.2) is 4.99 Å². The molecule has 0 spiro atoms. The molecule has 0 atom stereocenters. The average Bonchev–Trinajstić information content (AvgIpc) is 2.73. The van der Waals surface area contributed by atoms with Crippen LogP contribution in [-0.2, 0) is 0 Å². The van der Waals surface area contributed by atoms with E-state index in [1.807, 2.05) is 6.07 Å². The lowest BCUT2D eigenvalue weighted by Gasteiger charge is -2.03. The molecular formula is C9H7Br2ClN4. The van der Waals surface area contributed by atoms with E-state index in [4.69, 9.17) is 17.3 Å². The Morgan fingerprint density at radius 2 is 2.25 bits per heavy atom. The maximum Gasteiger partial charge on any atom is 0.115 e. The van der Waals surface area contributed by atoms with Crippen molar-refractivity contribution in [1.82, 2.24) is 10.2 Å². The van der Waals surface area contributed by atoms with Gasteiger partial charge in [-0.1, -0.05) is 0 Å². The van der Waals surface area contributed by atoms with Crippen molar-refractivity contribution in [2.45, 2.75) is 0 Å². The molecule has 0 fully saturated rings. The number of nitrogens with one attached hydrogen (secondary N) is 1. The first-order chi connectivity index (χ1) is 7.63. The lowest BCUT2D eigenvalue weighted by Crippen LogP contribution is -2.12. The number of hydrogen-bond acceptors (Lipinski definition) is 2. The van der Waals surface area contributed by atoms with Crippen molar-refractivity contribution in [2.75, 3.05) is 5.88 Å². The van der Waals surface area contributed by atoms with E-state index < -0.39 is 0 Å². The van der Waals surface area contributed by atoms with Crippen molar-refractivity contribution in [3.63, 3.8) is 0 Å². The standard InChI is InChI=1S/C9H7Br2ClN4/c10-5-1-6(11)9-4(3-14-16-9)8(5)15-7(13)2-12/h1,3H,2H2,(H2,13,15)(H,14,16). The third-order valence-electron chi connectivity index (χ3n) is 2.01. The highest BCUT2D eigenvalue weighted by atomic mass is 79.9. The fourth-order valence-corrected chi connectivity index (χ4v) is 2.74. The fraction of sp³-hybridized carbons (Fsp3) is 0.111. The summed E-state index contributed by atoms with van der Waals surface area (Å²) >= 11 is 12.5. The number of fused-ring (bicyclic) bond motifs is 1. The monoisotopic (exact) mass is 364 g/mol. The minimum atomic E-state index is 0.196. The quantitative estimate of drug-likeness (QED) is 0.486.